The van der Waals surface area contributed by atoms with Crippen molar-refractivity contribution in [3.05, 3.63) is 47.6 Å². The number of amides is 4. The third-order valence-electron chi connectivity index (χ3n) is 4.45. The van der Waals surface area contributed by atoms with Gasteiger partial charge >= 0.3 is 6.03 Å². The number of aromatic amines is 1. The molecule has 8 nitrogen and oxygen atoms in total. The Morgan fingerprint density at radius 1 is 1.30 bits per heavy atom. The van der Waals surface area contributed by atoms with E-state index < -0.39 is 12.1 Å². The fourth-order valence-electron chi connectivity index (χ4n) is 3.14. The first kappa shape index (κ1) is 17.2. The van der Waals surface area contributed by atoms with Crippen molar-refractivity contribution in [3.63, 3.8) is 0 Å². The van der Waals surface area contributed by atoms with Crippen LogP contribution in [0.3, 0.4) is 0 Å². The van der Waals surface area contributed by atoms with Gasteiger partial charge in [-0.2, -0.15) is 0 Å². The Morgan fingerprint density at radius 3 is 2.96 bits per heavy atom. The van der Waals surface area contributed by atoms with Crippen molar-refractivity contribution in [2.75, 3.05) is 11.9 Å². The highest BCUT2D eigenvalue weighted by Gasteiger charge is 2.38. The van der Waals surface area contributed by atoms with Crippen molar-refractivity contribution in [1.29, 1.82) is 0 Å². The molecule has 4 rings (SSSR count). The quantitative estimate of drug-likeness (QED) is 0.567. The SMILES string of the molecule is O=C(C[C@H]1NC(=O)N(CCc2c[nH]c3ccccc23)C1=O)Nc1nccs1. The van der Waals surface area contributed by atoms with E-state index in [1.807, 2.05) is 30.5 Å². The number of thiazole rings is 1. The molecule has 9 heteroatoms. The van der Waals surface area contributed by atoms with Crippen LogP contribution >= 0.6 is 11.3 Å². The molecule has 27 heavy (non-hydrogen) atoms. The third-order valence-corrected chi connectivity index (χ3v) is 5.14. The van der Waals surface area contributed by atoms with Crippen LogP contribution in [-0.4, -0.2) is 45.3 Å². The second-order valence-electron chi connectivity index (χ2n) is 6.19. The lowest BCUT2D eigenvalue weighted by Gasteiger charge is -2.12. The summed E-state index contributed by atoms with van der Waals surface area (Å²) in [6.45, 7) is 0.261. The summed E-state index contributed by atoms with van der Waals surface area (Å²) in [5.74, 6) is -0.740. The van der Waals surface area contributed by atoms with Crippen molar-refractivity contribution in [2.24, 2.45) is 0 Å². The number of carbonyl (C=O) groups is 3. The van der Waals surface area contributed by atoms with Gasteiger partial charge in [0.05, 0.1) is 6.42 Å². The van der Waals surface area contributed by atoms with E-state index in [9.17, 15) is 14.4 Å². The number of urea groups is 1. The van der Waals surface area contributed by atoms with Crippen LogP contribution in [-0.2, 0) is 16.0 Å². The predicted octanol–water partition coefficient (Wildman–Crippen LogP) is 2.12. The fourth-order valence-corrected chi connectivity index (χ4v) is 3.68. The van der Waals surface area contributed by atoms with Gasteiger partial charge in [0.1, 0.15) is 6.04 Å². The molecule has 0 unspecified atom stereocenters. The molecule has 2 aromatic heterocycles. The highest BCUT2D eigenvalue weighted by atomic mass is 32.1. The van der Waals surface area contributed by atoms with Crippen LogP contribution in [0.1, 0.15) is 12.0 Å². The Bertz CT molecular complexity index is 998. The minimum absolute atomic E-state index is 0.117. The summed E-state index contributed by atoms with van der Waals surface area (Å²) >= 11 is 1.29. The lowest BCUT2D eigenvalue weighted by atomic mass is 10.1. The number of hydrogen-bond donors (Lipinski definition) is 3. The van der Waals surface area contributed by atoms with Gasteiger partial charge in [-0.15, -0.1) is 11.3 Å². The fraction of sp³-hybridized carbons (Fsp3) is 0.222. The Balaban J connectivity index is 1.37. The maximum absolute atomic E-state index is 12.5. The number of nitrogens with one attached hydrogen (secondary N) is 3. The number of carbonyl (C=O) groups excluding carboxylic acids is 3. The molecule has 1 fully saturated rings. The summed E-state index contributed by atoms with van der Waals surface area (Å²) in [6.07, 6.45) is 3.90. The Labute approximate surface area is 158 Å². The number of aromatic nitrogens is 2. The normalized spacial score (nSPS) is 16.7. The zero-order valence-corrected chi connectivity index (χ0v) is 15.1. The molecule has 0 bridgehead atoms. The number of H-pyrrole nitrogens is 1. The van der Waals surface area contributed by atoms with E-state index in [0.717, 1.165) is 16.5 Å². The smallest absolute Gasteiger partial charge is 0.324 e. The molecule has 138 valence electrons. The second-order valence-corrected chi connectivity index (χ2v) is 7.09. The summed E-state index contributed by atoms with van der Waals surface area (Å²) in [5, 5.41) is 8.48. The van der Waals surface area contributed by atoms with Crippen LogP contribution in [0.5, 0.6) is 0 Å². The first-order chi connectivity index (χ1) is 13.1. The van der Waals surface area contributed by atoms with E-state index in [1.54, 1.807) is 11.6 Å². The molecule has 0 radical (unpaired) electrons. The number of nitrogens with zero attached hydrogens (tertiary/aromatic N) is 2. The van der Waals surface area contributed by atoms with Crippen molar-refractivity contribution in [2.45, 2.75) is 18.9 Å². The van der Waals surface area contributed by atoms with Gasteiger partial charge in [0.15, 0.2) is 5.13 Å². The van der Waals surface area contributed by atoms with E-state index in [2.05, 4.69) is 20.6 Å². The van der Waals surface area contributed by atoms with Gasteiger partial charge < -0.3 is 15.6 Å². The first-order valence-corrected chi connectivity index (χ1v) is 9.36. The summed E-state index contributed by atoms with van der Waals surface area (Å²) in [4.78, 5) is 45.0. The van der Waals surface area contributed by atoms with E-state index in [-0.39, 0.29) is 24.8 Å². The topological polar surface area (TPSA) is 107 Å². The molecular formula is C18H17N5O3S. The van der Waals surface area contributed by atoms with Crippen LogP contribution in [0.2, 0.25) is 0 Å². The van der Waals surface area contributed by atoms with Crippen LogP contribution in [0, 0.1) is 0 Å². The molecule has 0 aliphatic carbocycles. The molecule has 1 aliphatic rings. The van der Waals surface area contributed by atoms with Crippen LogP contribution in [0.15, 0.2) is 42.0 Å². The molecule has 4 amide bonds. The predicted molar refractivity (Wildman–Crippen MR) is 101 cm³/mol. The monoisotopic (exact) mass is 383 g/mol. The molecule has 1 atom stereocenters. The van der Waals surface area contributed by atoms with E-state index in [0.29, 0.717) is 11.6 Å². The van der Waals surface area contributed by atoms with Crippen LogP contribution in [0.25, 0.3) is 10.9 Å². The number of benzene rings is 1. The first-order valence-electron chi connectivity index (χ1n) is 8.48. The van der Waals surface area contributed by atoms with Gasteiger partial charge in [-0.05, 0) is 18.1 Å². The average molecular weight is 383 g/mol. The molecule has 3 N–H and O–H groups in total. The lowest BCUT2D eigenvalue weighted by Crippen LogP contribution is -2.34. The summed E-state index contributed by atoms with van der Waals surface area (Å²) < 4.78 is 0. The number of hydrogen-bond acceptors (Lipinski definition) is 5. The van der Waals surface area contributed by atoms with Gasteiger partial charge in [-0.25, -0.2) is 9.78 Å². The van der Waals surface area contributed by atoms with E-state index in [4.69, 9.17) is 0 Å². The molecule has 1 aromatic carbocycles. The van der Waals surface area contributed by atoms with E-state index in [1.165, 1.54) is 16.2 Å². The van der Waals surface area contributed by atoms with Crippen LogP contribution < -0.4 is 10.6 Å². The third kappa shape index (κ3) is 3.54. The van der Waals surface area contributed by atoms with Gasteiger partial charge in [0, 0.05) is 35.2 Å². The van der Waals surface area contributed by atoms with Gasteiger partial charge in [0.25, 0.3) is 5.91 Å². The van der Waals surface area contributed by atoms with Gasteiger partial charge in [0.2, 0.25) is 5.91 Å². The highest BCUT2D eigenvalue weighted by Crippen LogP contribution is 2.19. The zero-order valence-electron chi connectivity index (χ0n) is 14.3. The van der Waals surface area contributed by atoms with E-state index >= 15 is 0 Å². The standard InChI is InChI=1S/C18H17N5O3S/c24-15(22-17-19-6-8-27-17)9-14-16(25)23(18(26)21-14)7-5-11-10-20-13-4-2-1-3-12(11)13/h1-4,6,8,10,14,20H,5,7,9H2,(H,21,26)(H,19,22,24)/t14-/m1/s1. The van der Waals surface area contributed by atoms with Crippen molar-refractivity contribution < 1.29 is 14.4 Å². The largest absolute Gasteiger partial charge is 0.361 e. The zero-order chi connectivity index (χ0) is 18.8. The molecule has 1 aliphatic heterocycles. The molecule has 0 spiro atoms. The number of fused-ring (bicyclic) bond motifs is 1. The average Bonchev–Trinajstić information content (AvgIpc) is 3.36. The Kier molecular flexibility index (Phi) is 4.59. The molecule has 0 saturated carbocycles. The van der Waals surface area contributed by atoms with Crippen molar-refractivity contribution in [1.82, 2.24) is 20.2 Å². The molecule has 3 aromatic rings. The maximum atomic E-state index is 12.5. The number of anilines is 1. The Morgan fingerprint density at radius 2 is 2.15 bits per heavy atom. The summed E-state index contributed by atoms with van der Waals surface area (Å²) in [5.41, 5.74) is 2.05. The maximum Gasteiger partial charge on any atom is 0.324 e. The molecular weight excluding hydrogens is 366 g/mol. The van der Waals surface area contributed by atoms with Crippen LogP contribution in [0.4, 0.5) is 9.93 Å². The van der Waals surface area contributed by atoms with Gasteiger partial charge in [-0.3, -0.25) is 14.5 Å². The number of imide groups is 1. The second kappa shape index (κ2) is 7.20. The summed E-state index contributed by atoms with van der Waals surface area (Å²) in [7, 11) is 0. The Hall–Kier alpha value is -3.20. The van der Waals surface area contributed by atoms with Crippen molar-refractivity contribution >= 4 is 45.2 Å². The molecule has 1 saturated heterocycles. The van der Waals surface area contributed by atoms with Gasteiger partial charge in [-0.1, -0.05) is 18.2 Å². The minimum Gasteiger partial charge on any atom is -0.361 e. The molecule has 3 heterocycles. The number of para-hydroxylation sites is 1. The summed E-state index contributed by atoms with van der Waals surface area (Å²) in [6, 6.07) is 6.56. The van der Waals surface area contributed by atoms with Crippen molar-refractivity contribution in [3.8, 4) is 0 Å². The number of rotatable bonds is 6. The highest BCUT2D eigenvalue weighted by molar-refractivity contribution is 7.13. The minimum atomic E-state index is -0.847. The lowest BCUT2D eigenvalue weighted by molar-refractivity contribution is -0.129.